The van der Waals surface area contributed by atoms with Gasteiger partial charge in [0.05, 0.1) is 6.20 Å². The number of nitrogens with zero attached hydrogens (tertiary/aromatic N) is 4. The SMILES string of the molecule is CN=C(NCC(C)(C)c1ccc(F)cc1Cl)N1CCC(Cc2cnn(C)c2)C1. The van der Waals surface area contributed by atoms with Crippen LogP contribution in [0, 0.1) is 11.7 Å². The van der Waals surface area contributed by atoms with Gasteiger partial charge in [-0.25, -0.2) is 4.39 Å². The monoisotopic (exact) mass is 405 g/mol. The lowest BCUT2D eigenvalue weighted by Gasteiger charge is -2.30. The van der Waals surface area contributed by atoms with Gasteiger partial charge in [-0.1, -0.05) is 31.5 Å². The van der Waals surface area contributed by atoms with Gasteiger partial charge in [0, 0.05) is 50.4 Å². The van der Waals surface area contributed by atoms with Gasteiger partial charge in [0.25, 0.3) is 0 Å². The third kappa shape index (κ3) is 4.85. The molecule has 0 radical (unpaired) electrons. The third-order valence-electron chi connectivity index (χ3n) is 5.43. The number of hydrogen-bond donors (Lipinski definition) is 1. The van der Waals surface area contributed by atoms with Crippen LogP contribution in [-0.2, 0) is 18.9 Å². The third-order valence-corrected chi connectivity index (χ3v) is 5.74. The van der Waals surface area contributed by atoms with E-state index in [2.05, 4.69) is 40.4 Å². The van der Waals surface area contributed by atoms with E-state index >= 15 is 0 Å². The number of nitrogens with one attached hydrogen (secondary N) is 1. The quantitative estimate of drug-likeness (QED) is 0.610. The highest BCUT2D eigenvalue weighted by molar-refractivity contribution is 6.31. The predicted octanol–water partition coefficient (Wildman–Crippen LogP) is 3.63. The molecule has 0 saturated carbocycles. The van der Waals surface area contributed by atoms with Crippen LogP contribution in [0.2, 0.25) is 5.02 Å². The first-order valence-corrected chi connectivity index (χ1v) is 10.0. The highest BCUT2D eigenvalue weighted by Gasteiger charge is 2.28. The molecule has 5 nitrogen and oxygen atoms in total. The normalized spacial score (nSPS) is 18.0. The lowest BCUT2D eigenvalue weighted by atomic mass is 9.84. The summed E-state index contributed by atoms with van der Waals surface area (Å²) in [6, 6.07) is 4.60. The molecule has 0 aliphatic carbocycles. The minimum Gasteiger partial charge on any atom is -0.355 e. The maximum Gasteiger partial charge on any atom is 0.193 e. The second-order valence-electron chi connectivity index (χ2n) is 8.24. The van der Waals surface area contributed by atoms with Crippen molar-refractivity contribution in [2.24, 2.45) is 18.0 Å². The van der Waals surface area contributed by atoms with Crippen molar-refractivity contribution in [2.45, 2.75) is 32.1 Å². The number of guanidine groups is 1. The molecule has 1 aliphatic heterocycles. The summed E-state index contributed by atoms with van der Waals surface area (Å²) >= 11 is 6.27. The summed E-state index contributed by atoms with van der Waals surface area (Å²) in [7, 11) is 3.76. The van der Waals surface area contributed by atoms with E-state index in [1.807, 2.05) is 25.0 Å². The van der Waals surface area contributed by atoms with Crippen LogP contribution >= 0.6 is 11.6 Å². The van der Waals surface area contributed by atoms with Gasteiger partial charge >= 0.3 is 0 Å². The number of halogens is 2. The summed E-state index contributed by atoms with van der Waals surface area (Å²) in [6.07, 6.45) is 6.22. The molecule has 1 aliphatic rings. The van der Waals surface area contributed by atoms with Crippen molar-refractivity contribution >= 4 is 17.6 Å². The molecule has 1 aromatic heterocycles. The maximum atomic E-state index is 13.4. The first-order valence-electron chi connectivity index (χ1n) is 9.67. The zero-order valence-corrected chi connectivity index (χ0v) is 17.8. The molecule has 0 bridgehead atoms. The van der Waals surface area contributed by atoms with Gasteiger partial charge in [-0.2, -0.15) is 5.10 Å². The average Bonchev–Trinajstić information content (AvgIpc) is 3.24. The number of hydrogen-bond acceptors (Lipinski definition) is 2. The molecule has 1 atom stereocenters. The Morgan fingerprint density at radius 2 is 2.21 bits per heavy atom. The Morgan fingerprint density at radius 1 is 1.43 bits per heavy atom. The number of aliphatic imine (C=N–C) groups is 1. The van der Waals surface area contributed by atoms with Gasteiger partial charge in [0.2, 0.25) is 0 Å². The highest BCUT2D eigenvalue weighted by Crippen LogP contribution is 2.30. The van der Waals surface area contributed by atoms with Crippen LogP contribution < -0.4 is 5.32 Å². The van der Waals surface area contributed by atoms with Crippen molar-refractivity contribution in [1.29, 1.82) is 0 Å². The van der Waals surface area contributed by atoms with Gasteiger partial charge in [-0.3, -0.25) is 9.67 Å². The van der Waals surface area contributed by atoms with E-state index in [1.165, 1.54) is 17.7 Å². The summed E-state index contributed by atoms with van der Waals surface area (Å²) in [6.45, 7) is 6.83. The first kappa shape index (κ1) is 20.6. The lowest BCUT2D eigenvalue weighted by Crippen LogP contribution is -2.45. The largest absolute Gasteiger partial charge is 0.355 e. The smallest absolute Gasteiger partial charge is 0.193 e. The van der Waals surface area contributed by atoms with Crippen LogP contribution in [0.5, 0.6) is 0 Å². The summed E-state index contributed by atoms with van der Waals surface area (Å²) in [5.74, 6) is 1.19. The number of rotatable bonds is 5. The van der Waals surface area contributed by atoms with Gasteiger partial charge in [0.1, 0.15) is 5.82 Å². The summed E-state index contributed by atoms with van der Waals surface area (Å²) in [5.41, 5.74) is 1.95. The molecule has 1 fully saturated rings. The van der Waals surface area contributed by atoms with Crippen molar-refractivity contribution in [3.63, 3.8) is 0 Å². The minimum absolute atomic E-state index is 0.254. The van der Waals surface area contributed by atoms with Crippen molar-refractivity contribution in [3.8, 4) is 0 Å². The molecular formula is C21H29ClFN5. The Hall–Kier alpha value is -2.08. The van der Waals surface area contributed by atoms with Crippen LogP contribution in [-0.4, -0.2) is 47.3 Å². The fourth-order valence-electron chi connectivity index (χ4n) is 3.87. The topological polar surface area (TPSA) is 45.5 Å². The Labute approximate surface area is 171 Å². The number of aryl methyl sites for hydroxylation is 1. The van der Waals surface area contributed by atoms with E-state index in [4.69, 9.17) is 11.6 Å². The molecule has 0 spiro atoms. The number of benzene rings is 1. The number of aromatic nitrogens is 2. The average molecular weight is 406 g/mol. The summed E-state index contributed by atoms with van der Waals surface area (Å²) in [4.78, 5) is 6.78. The number of likely N-dealkylation sites (tertiary alicyclic amines) is 1. The summed E-state index contributed by atoms with van der Waals surface area (Å²) < 4.78 is 15.2. The molecule has 2 heterocycles. The van der Waals surface area contributed by atoms with E-state index < -0.39 is 0 Å². The Morgan fingerprint density at radius 3 is 2.86 bits per heavy atom. The van der Waals surface area contributed by atoms with E-state index in [-0.39, 0.29) is 11.2 Å². The minimum atomic E-state index is -0.315. The zero-order chi connectivity index (χ0) is 20.3. The second-order valence-corrected chi connectivity index (χ2v) is 8.64. The maximum absolute atomic E-state index is 13.4. The van der Waals surface area contributed by atoms with Gasteiger partial charge in [0.15, 0.2) is 5.96 Å². The molecule has 0 amide bonds. The van der Waals surface area contributed by atoms with E-state index in [9.17, 15) is 4.39 Å². The molecule has 1 saturated heterocycles. The molecule has 2 aromatic rings. The van der Waals surface area contributed by atoms with Crippen molar-refractivity contribution < 1.29 is 4.39 Å². The molecule has 1 unspecified atom stereocenters. The molecule has 1 aromatic carbocycles. The fourth-order valence-corrected chi connectivity index (χ4v) is 4.29. The predicted molar refractivity (Wildman–Crippen MR) is 112 cm³/mol. The fraction of sp³-hybridized carbons (Fsp3) is 0.524. The second kappa shape index (κ2) is 8.52. The van der Waals surface area contributed by atoms with Gasteiger partial charge < -0.3 is 10.2 Å². The Kier molecular flexibility index (Phi) is 6.28. The molecular weight excluding hydrogens is 377 g/mol. The molecule has 7 heteroatoms. The van der Waals surface area contributed by atoms with E-state index in [1.54, 1.807) is 6.07 Å². The summed E-state index contributed by atoms with van der Waals surface area (Å²) in [5, 5.41) is 8.20. The van der Waals surface area contributed by atoms with E-state index in [0.717, 1.165) is 37.5 Å². The van der Waals surface area contributed by atoms with Crippen LogP contribution in [0.15, 0.2) is 35.6 Å². The Balaban J connectivity index is 1.58. The van der Waals surface area contributed by atoms with Crippen molar-refractivity contribution in [2.75, 3.05) is 26.7 Å². The van der Waals surface area contributed by atoms with Crippen molar-refractivity contribution in [1.82, 2.24) is 20.0 Å². The highest BCUT2D eigenvalue weighted by atomic mass is 35.5. The van der Waals surface area contributed by atoms with Crippen LogP contribution in [0.1, 0.15) is 31.4 Å². The van der Waals surface area contributed by atoms with E-state index in [0.29, 0.717) is 17.5 Å². The molecule has 1 N–H and O–H groups in total. The van der Waals surface area contributed by atoms with Crippen molar-refractivity contribution in [3.05, 3.63) is 52.6 Å². The molecule has 28 heavy (non-hydrogen) atoms. The lowest BCUT2D eigenvalue weighted by molar-refractivity contribution is 0.440. The Bertz CT molecular complexity index is 845. The first-order chi connectivity index (χ1) is 13.3. The zero-order valence-electron chi connectivity index (χ0n) is 17.0. The van der Waals surface area contributed by atoms with Gasteiger partial charge in [-0.15, -0.1) is 0 Å². The van der Waals surface area contributed by atoms with Crippen LogP contribution in [0.3, 0.4) is 0 Å². The van der Waals surface area contributed by atoms with Crippen LogP contribution in [0.4, 0.5) is 4.39 Å². The molecule has 3 rings (SSSR count). The standard InChI is InChI=1S/C21H29ClFN5/c1-21(2,18-6-5-17(23)10-19(18)22)14-25-20(24-3)28-8-7-15(13-28)9-16-11-26-27(4)12-16/h5-6,10-12,15H,7-9,13-14H2,1-4H3,(H,24,25). The molecule has 152 valence electrons. The van der Waals surface area contributed by atoms with Gasteiger partial charge in [-0.05, 0) is 42.0 Å². The van der Waals surface area contributed by atoms with Crippen LogP contribution in [0.25, 0.3) is 0 Å².